The second-order valence-electron chi connectivity index (χ2n) is 5.09. The molecule has 1 aromatic carbocycles. The number of rotatable bonds is 7. The number of ether oxygens (including phenoxy) is 1. The van der Waals surface area contributed by atoms with Crippen LogP contribution < -0.4 is 10.1 Å². The number of aromatic nitrogens is 1. The van der Waals surface area contributed by atoms with E-state index in [1.54, 1.807) is 13.3 Å². The Kier molecular flexibility index (Phi) is 5.76. The first-order valence-corrected chi connectivity index (χ1v) is 7.62. The van der Waals surface area contributed by atoms with Gasteiger partial charge in [0.2, 0.25) is 0 Å². The highest BCUT2D eigenvalue weighted by atomic mass is 16.5. The Morgan fingerprint density at radius 3 is 2.76 bits per heavy atom. The van der Waals surface area contributed by atoms with E-state index in [2.05, 4.69) is 48.4 Å². The van der Waals surface area contributed by atoms with Crippen molar-refractivity contribution in [2.45, 2.75) is 32.7 Å². The lowest BCUT2D eigenvalue weighted by molar-refractivity contribution is 0.415. The zero-order chi connectivity index (χ0) is 15.1. The average Bonchev–Trinajstić information content (AvgIpc) is 2.56. The van der Waals surface area contributed by atoms with Crippen molar-refractivity contribution in [1.82, 2.24) is 10.3 Å². The van der Waals surface area contributed by atoms with Gasteiger partial charge in [-0.25, -0.2) is 0 Å². The van der Waals surface area contributed by atoms with Crippen LogP contribution in [0.1, 0.15) is 38.3 Å². The van der Waals surface area contributed by atoms with Crippen molar-refractivity contribution in [3.63, 3.8) is 0 Å². The minimum absolute atomic E-state index is 0.389. The molecule has 1 heterocycles. The fraction of sp³-hybridized carbons (Fsp3) is 0.389. The van der Waals surface area contributed by atoms with Gasteiger partial charge in [0.05, 0.1) is 7.11 Å². The van der Waals surface area contributed by atoms with Crippen LogP contribution in [0, 0.1) is 0 Å². The molecule has 3 heteroatoms. The Balaban J connectivity index is 2.32. The summed E-state index contributed by atoms with van der Waals surface area (Å²) in [6.45, 7) is 5.44. The van der Waals surface area contributed by atoms with Gasteiger partial charge in [-0.2, -0.15) is 0 Å². The van der Waals surface area contributed by atoms with E-state index in [1.807, 2.05) is 12.1 Å². The Morgan fingerprint density at radius 1 is 1.19 bits per heavy atom. The molecule has 0 fully saturated rings. The molecule has 0 aliphatic heterocycles. The highest BCUT2D eigenvalue weighted by Crippen LogP contribution is 2.29. The van der Waals surface area contributed by atoms with E-state index in [0.29, 0.717) is 6.04 Å². The molecule has 0 saturated heterocycles. The van der Waals surface area contributed by atoms with Gasteiger partial charge in [0.25, 0.3) is 0 Å². The second kappa shape index (κ2) is 7.79. The molecule has 1 aromatic heterocycles. The van der Waals surface area contributed by atoms with Crippen LogP contribution in [0.5, 0.6) is 5.75 Å². The predicted octanol–water partition coefficient (Wildman–Crippen LogP) is 4.21. The molecule has 0 radical (unpaired) electrons. The summed E-state index contributed by atoms with van der Waals surface area (Å²) in [5.41, 5.74) is 3.30. The fourth-order valence-electron chi connectivity index (χ4n) is 2.49. The SMILES string of the molecule is CCCNC(CC)c1cccc(-c2ncccc2OC)c1. The Hall–Kier alpha value is -1.87. The number of hydrogen-bond acceptors (Lipinski definition) is 3. The number of hydrogen-bond donors (Lipinski definition) is 1. The minimum atomic E-state index is 0.389. The second-order valence-corrected chi connectivity index (χ2v) is 5.09. The molecule has 21 heavy (non-hydrogen) atoms. The van der Waals surface area contributed by atoms with Crippen molar-refractivity contribution in [3.8, 4) is 17.0 Å². The highest BCUT2D eigenvalue weighted by molar-refractivity contribution is 5.66. The van der Waals surface area contributed by atoms with Gasteiger partial charge in [-0.05, 0) is 43.1 Å². The van der Waals surface area contributed by atoms with E-state index < -0.39 is 0 Å². The first-order chi connectivity index (χ1) is 10.3. The molecule has 0 aliphatic rings. The number of nitrogens with one attached hydrogen (secondary N) is 1. The number of benzene rings is 1. The summed E-state index contributed by atoms with van der Waals surface area (Å²) < 4.78 is 5.41. The van der Waals surface area contributed by atoms with Crippen molar-refractivity contribution in [3.05, 3.63) is 48.2 Å². The third kappa shape index (κ3) is 3.82. The summed E-state index contributed by atoms with van der Waals surface area (Å²) >= 11 is 0. The third-order valence-corrected chi connectivity index (χ3v) is 3.60. The quantitative estimate of drug-likeness (QED) is 0.827. The van der Waals surface area contributed by atoms with Crippen LogP contribution in [0.15, 0.2) is 42.6 Å². The zero-order valence-corrected chi connectivity index (χ0v) is 13.1. The maximum Gasteiger partial charge on any atom is 0.145 e. The van der Waals surface area contributed by atoms with Gasteiger partial charge in [-0.15, -0.1) is 0 Å². The van der Waals surface area contributed by atoms with E-state index in [4.69, 9.17) is 4.74 Å². The first kappa shape index (κ1) is 15.5. The van der Waals surface area contributed by atoms with E-state index in [1.165, 1.54) is 5.56 Å². The van der Waals surface area contributed by atoms with Crippen LogP contribution in [0.3, 0.4) is 0 Å². The van der Waals surface area contributed by atoms with E-state index in [9.17, 15) is 0 Å². The molecule has 0 saturated carbocycles. The summed E-state index contributed by atoms with van der Waals surface area (Å²) in [4.78, 5) is 4.46. The third-order valence-electron chi connectivity index (χ3n) is 3.60. The molecule has 0 aliphatic carbocycles. The Morgan fingerprint density at radius 2 is 2.05 bits per heavy atom. The summed E-state index contributed by atoms with van der Waals surface area (Å²) in [6, 6.07) is 12.8. The van der Waals surface area contributed by atoms with Gasteiger partial charge in [0.15, 0.2) is 0 Å². The molecular formula is C18H24N2O. The summed E-state index contributed by atoms with van der Waals surface area (Å²) in [7, 11) is 1.68. The topological polar surface area (TPSA) is 34.2 Å². The normalized spacial score (nSPS) is 12.1. The lowest BCUT2D eigenvalue weighted by Gasteiger charge is -2.18. The molecule has 0 amide bonds. The van der Waals surface area contributed by atoms with Gasteiger partial charge < -0.3 is 10.1 Å². The molecule has 1 unspecified atom stereocenters. The van der Waals surface area contributed by atoms with Crippen molar-refractivity contribution in [1.29, 1.82) is 0 Å². The van der Waals surface area contributed by atoms with Gasteiger partial charge in [0.1, 0.15) is 11.4 Å². The van der Waals surface area contributed by atoms with Crippen LogP contribution in [-0.4, -0.2) is 18.6 Å². The highest BCUT2D eigenvalue weighted by Gasteiger charge is 2.11. The first-order valence-electron chi connectivity index (χ1n) is 7.62. The van der Waals surface area contributed by atoms with E-state index in [0.717, 1.165) is 36.4 Å². The van der Waals surface area contributed by atoms with Crippen LogP contribution in [0.4, 0.5) is 0 Å². The summed E-state index contributed by atoms with van der Waals surface area (Å²) in [5.74, 6) is 0.809. The lowest BCUT2D eigenvalue weighted by Crippen LogP contribution is -2.21. The number of methoxy groups -OCH3 is 1. The molecule has 2 aromatic rings. The van der Waals surface area contributed by atoms with Gasteiger partial charge >= 0.3 is 0 Å². The molecule has 0 spiro atoms. The Labute approximate surface area is 127 Å². The molecule has 1 atom stereocenters. The van der Waals surface area contributed by atoms with Gasteiger partial charge in [-0.1, -0.05) is 32.0 Å². The molecular weight excluding hydrogens is 260 g/mol. The largest absolute Gasteiger partial charge is 0.494 e. The molecule has 2 rings (SSSR count). The lowest BCUT2D eigenvalue weighted by atomic mass is 10.00. The average molecular weight is 284 g/mol. The van der Waals surface area contributed by atoms with Crippen molar-refractivity contribution in [2.75, 3.05) is 13.7 Å². The number of nitrogens with zero attached hydrogens (tertiary/aromatic N) is 1. The van der Waals surface area contributed by atoms with Gasteiger partial charge in [0, 0.05) is 17.8 Å². The number of pyridine rings is 1. The summed E-state index contributed by atoms with van der Waals surface area (Å²) in [6.07, 6.45) is 4.02. The van der Waals surface area contributed by atoms with E-state index in [-0.39, 0.29) is 0 Å². The fourth-order valence-corrected chi connectivity index (χ4v) is 2.49. The monoisotopic (exact) mass is 284 g/mol. The zero-order valence-electron chi connectivity index (χ0n) is 13.1. The summed E-state index contributed by atoms with van der Waals surface area (Å²) in [5, 5.41) is 3.59. The Bertz CT molecular complexity index is 569. The van der Waals surface area contributed by atoms with Gasteiger partial charge in [-0.3, -0.25) is 4.98 Å². The van der Waals surface area contributed by atoms with E-state index >= 15 is 0 Å². The van der Waals surface area contributed by atoms with Crippen molar-refractivity contribution < 1.29 is 4.74 Å². The van der Waals surface area contributed by atoms with Crippen LogP contribution in [0.2, 0.25) is 0 Å². The molecule has 3 nitrogen and oxygen atoms in total. The van der Waals surface area contributed by atoms with Crippen molar-refractivity contribution >= 4 is 0 Å². The maximum absolute atomic E-state index is 5.41. The minimum Gasteiger partial charge on any atom is -0.494 e. The smallest absolute Gasteiger partial charge is 0.145 e. The predicted molar refractivity (Wildman–Crippen MR) is 87.6 cm³/mol. The maximum atomic E-state index is 5.41. The van der Waals surface area contributed by atoms with Crippen LogP contribution in [-0.2, 0) is 0 Å². The molecule has 1 N–H and O–H groups in total. The molecule has 0 bridgehead atoms. The molecule has 112 valence electrons. The van der Waals surface area contributed by atoms with Crippen LogP contribution in [0.25, 0.3) is 11.3 Å². The van der Waals surface area contributed by atoms with Crippen LogP contribution >= 0.6 is 0 Å². The standard InChI is InChI=1S/C18H24N2O/c1-4-11-19-16(5-2)14-8-6-9-15(13-14)18-17(21-3)10-7-12-20-18/h6-10,12-13,16,19H,4-5,11H2,1-3H3. The van der Waals surface area contributed by atoms with Crippen molar-refractivity contribution in [2.24, 2.45) is 0 Å².